The van der Waals surface area contributed by atoms with Crippen molar-refractivity contribution >= 4 is 11.6 Å². The second-order valence-corrected chi connectivity index (χ2v) is 5.31. The van der Waals surface area contributed by atoms with E-state index in [1.54, 1.807) is 19.2 Å². The van der Waals surface area contributed by atoms with Gasteiger partial charge in [0.1, 0.15) is 5.82 Å². The Morgan fingerprint density at radius 2 is 1.60 bits per heavy atom. The molecule has 0 saturated carbocycles. The minimum absolute atomic E-state index is 0.100. The lowest BCUT2D eigenvalue weighted by Gasteiger charge is -2.11. The molecule has 2 aromatic carbocycles. The van der Waals surface area contributed by atoms with Gasteiger partial charge >= 0.3 is 0 Å². The van der Waals surface area contributed by atoms with Gasteiger partial charge in [-0.15, -0.1) is 11.6 Å². The van der Waals surface area contributed by atoms with Gasteiger partial charge in [0, 0.05) is 7.11 Å². The summed E-state index contributed by atoms with van der Waals surface area (Å²) in [6, 6.07) is 14.7. The maximum atomic E-state index is 12.9. The standard InChI is InChI=1S/C17H18ClFO/c1-20-11-10-13-2-6-15(7-3-13)17(18)12-14-4-8-16(19)9-5-14/h2-9,17H,10-12H2,1H3. The first-order valence-corrected chi connectivity index (χ1v) is 7.09. The van der Waals surface area contributed by atoms with Crippen LogP contribution in [0.15, 0.2) is 48.5 Å². The third-order valence-corrected chi connectivity index (χ3v) is 3.67. The van der Waals surface area contributed by atoms with Crippen LogP contribution in [0, 0.1) is 5.82 Å². The van der Waals surface area contributed by atoms with Crippen LogP contribution in [0.5, 0.6) is 0 Å². The summed E-state index contributed by atoms with van der Waals surface area (Å²) < 4.78 is 17.9. The lowest BCUT2D eigenvalue weighted by atomic mass is 10.0. The Hall–Kier alpha value is -1.38. The highest BCUT2D eigenvalue weighted by Crippen LogP contribution is 2.25. The highest BCUT2D eigenvalue weighted by molar-refractivity contribution is 6.20. The number of alkyl halides is 1. The fourth-order valence-electron chi connectivity index (χ4n) is 2.06. The molecule has 0 saturated heterocycles. The van der Waals surface area contributed by atoms with E-state index in [2.05, 4.69) is 12.1 Å². The zero-order valence-electron chi connectivity index (χ0n) is 11.5. The van der Waals surface area contributed by atoms with Gasteiger partial charge < -0.3 is 4.74 Å². The Morgan fingerprint density at radius 3 is 2.20 bits per heavy atom. The van der Waals surface area contributed by atoms with E-state index in [0.29, 0.717) is 6.42 Å². The molecule has 2 aromatic rings. The molecule has 0 radical (unpaired) electrons. The van der Waals surface area contributed by atoms with Gasteiger partial charge in [-0.05, 0) is 41.7 Å². The smallest absolute Gasteiger partial charge is 0.123 e. The number of hydrogen-bond donors (Lipinski definition) is 0. The van der Waals surface area contributed by atoms with Crippen LogP contribution < -0.4 is 0 Å². The van der Waals surface area contributed by atoms with Crippen LogP contribution in [0.25, 0.3) is 0 Å². The fourth-order valence-corrected chi connectivity index (χ4v) is 2.38. The van der Waals surface area contributed by atoms with Crippen molar-refractivity contribution in [1.82, 2.24) is 0 Å². The predicted octanol–water partition coefficient (Wildman–Crippen LogP) is 4.54. The maximum Gasteiger partial charge on any atom is 0.123 e. The molecule has 106 valence electrons. The summed E-state index contributed by atoms with van der Waals surface area (Å²) in [4.78, 5) is 0. The Balaban J connectivity index is 1.98. The summed E-state index contributed by atoms with van der Waals surface area (Å²) in [5.74, 6) is -0.220. The molecule has 2 rings (SSSR count). The number of halogens is 2. The summed E-state index contributed by atoms with van der Waals surface area (Å²) in [5.41, 5.74) is 3.35. The van der Waals surface area contributed by atoms with Gasteiger partial charge in [0.05, 0.1) is 12.0 Å². The van der Waals surface area contributed by atoms with E-state index >= 15 is 0 Å². The van der Waals surface area contributed by atoms with E-state index in [4.69, 9.17) is 16.3 Å². The van der Waals surface area contributed by atoms with Crippen LogP contribution in [0.3, 0.4) is 0 Å². The molecule has 0 aliphatic carbocycles. The molecule has 1 unspecified atom stereocenters. The van der Waals surface area contributed by atoms with Gasteiger partial charge in [-0.3, -0.25) is 0 Å². The molecule has 1 atom stereocenters. The first-order chi connectivity index (χ1) is 9.69. The van der Waals surface area contributed by atoms with E-state index < -0.39 is 0 Å². The Bertz CT molecular complexity index is 522. The van der Waals surface area contributed by atoms with E-state index in [-0.39, 0.29) is 11.2 Å². The number of ether oxygens (including phenoxy) is 1. The van der Waals surface area contributed by atoms with E-state index in [1.165, 1.54) is 17.7 Å². The van der Waals surface area contributed by atoms with Crippen molar-refractivity contribution in [1.29, 1.82) is 0 Å². The van der Waals surface area contributed by atoms with E-state index in [1.807, 2.05) is 12.1 Å². The average Bonchev–Trinajstić information content (AvgIpc) is 2.48. The molecule has 0 aromatic heterocycles. The SMILES string of the molecule is COCCc1ccc(C(Cl)Cc2ccc(F)cc2)cc1. The zero-order chi connectivity index (χ0) is 14.4. The van der Waals surface area contributed by atoms with Gasteiger partial charge in [-0.2, -0.15) is 0 Å². The summed E-state index contributed by atoms with van der Waals surface area (Å²) in [6.45, 7) is 0.721. The third kappa shape index (κ3) is 4.32. The van der Waals surface area contributed by atoms with E-state index in [0.717, 1.165) is 24.2 Å². The summed E-state index contributed by atoms with van der Waals surface area (Å²) in [5, 5.41) is -0.100. The molecule has 0 aliphatic rings. The van der Waals surface area contributed by atoms with Crippen molar-refractivity contribution < 1.29 is 9.13 Å². The number of benzene rings is 2. The number of methoxy groups -OCH3 is 1. The van der Waals surface area contributed by atoms with Crippen LogP contribution in [0.4, 0.5) is 4.39 Å². The van der Waals surface area contributed by atoms with Crippen molar-refractivity contribution in [3.63, 3.8) is 0 Å². The average molecular weight is 293 g/mol. The summed E-state index contributed by atoms with van der Waals surface area (Å²) in [6.07, 6.45) is 1.60. The number of rotatable bonds is 6. The highest BCUT2D eigenvalue weighted by atomic mass is 35.5. The molecular formula is C17H18ClFO. The van der Waals surface area contributed by atoms with Gasteiger partial charge in [0.2, 0.25) is 0 Å². The van der Waals surface area contributed by atoms with Crippen LogP contribution >= 0.6 is 11.6 Å². The Morgan fingerprint density at radius 1 is 1.00 bits per heavy atom. The van der Waals surface area contributed by atoms with Gasteiger partial charge in [0.15, 0.2) is 0 Å². The molecule has 0 bridgehead atoms. The van der Waals surface area contributed by atoms with Crippen LogP contribution in [-0.2, 0) is 17.6 Å². The maximum absolute atomic E-state index is 12.9. The minimum Gasteiger partial charge on any atom is -0.384 e. The summed E-state index contributed by atoms with van der Waals surface area (Å²) in [7, 11) is 1.70. The number of hydrogen-bond acceptors (Lipinski definition) is 1. The van der Waals surface area contributed by atoms with Crippen molar-refractivity contribution in [3.8, 4) is 0 Å². The van der Waals surface area contributed by atoms with Crippen molar-refractivity contribution in [3.05, 3.63) is 71.0 Å². The summed E-state index contributed by atoms with van der Waals surface area (Å²) >= 11 is 6.42. The molecular weight excluding hydrogens is 275 g/mol. The molecule has 0 N–H and O–H groups in total. The molecule has 0 amide bonds. The highest BCUT2D eigenvalue weighted by Gasteiger charge is 2.09. The Labute approximate surface area is 124 Å². The lowest BCUT2D eigenvalue weighted by Crippen LogP contribution is -1.98. The Kier molecular flexibility index (Phi) is 5.57. The fraction of sp³-hybridized carbons (Fsp3) is 0.294. The monoisotopic (exact) mass is 292 g/mol. The zero-order valence-corrected chi connectivity index (χ0v) is 12.2. The molecule has 0 spiro atoms. The molecule has 0 fully saturated rings. The van der Waals surface area contributed by atoms with Crippen molar-refractivity contribution in [2.45, 2.75) is 18.2 Å². The van der Waals surface area contributed by atoms with E-state index in [9.17, 15) is 4.39 Å². The topological polar surface area (TPSA) is 9.23 Å². The lowest BCUT2D eigenvalue weighted by molar-refractivity contribution is 0.202. The third-order valence-electron chi connectivity index (χ3n) is 3.26. The normalized spacial score (nSPS) is 12.3. The molecule has 0 aliphatic heterocycles. The van der Waals surface area contributed by atoms with Gasteiger partial charge in [-0.1, -0.05) is 36.4 Å². The predicted molar refractivity (Wildman–Crippen MR) is 80.7 cm³/mol. The first kappa shape index (κ1) is 15.0. The van der Waals surface area contributed by atoms with Crippen LogP contribution in [0.2, 0.25) is 0 Å². The van der Waals surface area contributed by atoms with Crippen LogP contribution in [-0.4, -0.2) is 13.7 Å². The molecule has 1 nitrogen and oxygen atoms in total. The molecule has 3 heteroatoms. The van der Waals surface area contributed by atoms with Gasteiger partial charge in [0.25, 0.3) is 0 Å². The molecule has 20 heavy (non-hydrogen) atoms. The quantitative estimate of drug-likeness (QED) is 0.710. The second kappa shape index (κ2) is 7.41. The van der Waals surface area contributed by atoms with Crippen molar-refractivity contribution in [2.24, 2.45) is 0 Å². The van der Waals surface area contributed by atoms with Crippen molar-refractivity contribution in [2.75, 3.05) is 13.7 Å². The largest absolute Gasteiger partial charge is 0.384 e. The van der Waals surface area contributed by atoms with Crippen LogP contribution in [0.1, 0.15) is 22.1 Å². The molecule has 0 heterocycles. The second-order valence-electron chi connectivity index (χ2n) is 4.78. The van der Waals surface area contributed by atoms with Gasteiger partial charge in [-0.25, -0.2) is 4.39 Å². The minimum atomic E-state index is -0.220. The first-order valence-electron chi connectivity index (χ1n) is 6.65.